The molecule has 1 aromatic rings. The highest BCUT2D eigenvalue weighted by molar-refractivity contribution is 9.09. The van der Waals surface area contributed by atoms with Crippen molar-refractivity contribution >= 4 is 27.5 Å². The van der Waals surface area contributed by atoms with Gasteiger partial charge in [-0.15, -0.1) is 0 Å². The number of hydrogen-bond acceptors (Lipinski definition) is 3. The van der Waals surface area contributed by atoms with Gasteiger partial charge in [0.15, 0.2) is 0 Å². The van der Waals surface area contributed by atoms with Crippen molar-refractivity contribution in [3.8, 4) is 0 Å². The second-order valence-electron chi connectivity index (χ2n) is 4.95. The molecule has 0 unspecified atom stereocenters. The normalized spacial score (nSPS) is 10.7. The Morgan fingerprint density at radius 1 is 1.40 bits per heavy atom. The molecule has 0 spiro atoms. The predicted molar refractivity (Wildman–Crippen MR) is 82.4 cm³/mol. The maximum atomic E-state index is 12.5. The fourth-order valence-electron chi connectivity index (χ4n) is 1.98. The topological polar surface area (TPSA) is 63.5 Å². The lowest BCUT2D eigenvalue weighted by Gasteiger charge is -2.26. The number of benzene rings is 1. The summed E-state index contributed by atoms with van der Waals surface area (Å²) < 4.78 is 0. The summed E-state index contributed by atoms with van der Waals surface area (Å²) in [5.74, 6) is -0.159. The molecule has 1 rings (SSSR count). The summed E-state index contributed by atoms with van der Waals surface area (Å²) in [6.45, 7) is 6.26. The molecule has 0 saturated carbocycles. The van der Waals surface area contributed by atoms with Crippen molar-refractivity contribution in [3.05, 3.63) is 39.4 Å². The van der Waals surface area contributed by atoms with Crippen LogP contribution in [0, 0.1) is 17.0 Å². The summed E-state index contributed by atoms with van der Waals surface area (Å²) in [4.78, 5) is 24.7. The van der Waals surface area contributed by atoms with Gasteiger partial charge < -0.3 is 4.90 Å². The number of nitrogens with zero attached hydrogens (tertiary/aromatic N) is 2. The van der Waals surface area contributed by atoms with Crippen molar-refractivity contribution in [1.82, 2.24) is 4.90 Å². The lowest BCUT2D eigenvalue weighted by molar-refractivity contribution is -0.384. The van der Waals surface area contributed by atoms with E-state index in [9.17, 15) is 14.9 Å². The Morgan fingerprint density at radius 2 is 2.05 bits per heavy atom. The molecule has 0 fully saturated rings. The molecule has 0 aromatic heterocycles. The van der Waals surface area contributed by atoms with E-state index in [2.05, 4.69) is 15.9 Å². The summed E-state index contributed by atoms with van der Waals surface area (Å²) in [5, 5.41) is 11.7. The molecule has 0 bridgehead atoms. The van der Waals surface area contributed by atoms with E-state index in [1.165, 1.54) is 12.1 Å². The fourth-order valence-corrected chi connectivity index (χ4v) is 2.23. The molecule has 1 amide bonds. The lowest BCUT2D eigenvalue weighted by atomic mass is 10.1. The number of nitro benzene ring substituents is 1. The second-order valence-corrected chi connectivity index (χ2v) is 5.74. The van der Waals surface area contributed by atoms with Gasteiger partial charge in [0.1, 0.15) is 0 Å². The number of hydrogen-bond donors (Lipinski definition) is 0. The number of carbonyl (C=O) groups excluding carboxylic acids is 1. The van der Waals surface area contributed by atoms with Crippen LogP contribution >= 0.6 is 15.9 Å². The van der Waals surface area contributed by atoms with Gasteiger partial charge in [-0.05, 0) is 38.8 Å². The van der Waals surface area contributed by atoms with Gasteiger partial charge in [-0.3, -0.25) is 14.9 Å². The Bertz CT molecular complexity index is 503. The van der Waals surface area contributed by atoms with Gasteiger partial charge in [-0.2, -0.15) is 0 Å². The number of halogens is 1. The first-order chi connectivity index (χ1) is 9.36. The minimum absolute atomic E-state index is 0.0439. The lowest BCUT2D eigenvalue weighted by Crippen LogP contribution is -2.37. The van der Waals surface area contributed by atoms with Gasteiger partial charge in [-0.25, -0.2) is 0 Å². The van der Waals surface area contributed by atoms with E-state index in [1.54, 1.807) is 17.9 Å². The standard InChI is InChI=1S/C14H19BrN2O3/c1-10(2)16(6-4-5-15)14(18)12-7-11(3)8-13(9-12)17(19)20/h7-10H,4-6H2,1-3H3. The molecule has 0 radical (unpaired) electrons. The number of aryl methyl sites for hydroxylation is 1. The van der Waals surface area contributed by atoms with Crippen LogP contribution in [0.2, 0.25) is 0 Å². The van der Waals surface area contributed by atoms with Gasteiger partial charge in [0.05, 0.1) is 4.92 Å². The summed E-state index contributed by atoms with van der Waals surface area (Å²) in [6, 6.07) is 4.56. The smallest absolute Gasteiger partial charge is 0.270 e. The third-order valence-corrected chi connectivity index (χ3v) is 3.50. The molecule has 0 aliphatic rings. The van der Waals surface area contributed by atoms with Crippen molar-refractivity contribution in [2.45, 2.75) is 33.2 Å². The minimum Gasteiger partial charge on any atom is -0.336 e. The SMILES string of the molecule is Cc1cc(C(=O)N(CCCBr)C(C)C)cc([N+](=O)[O-])c1. The number of amides is 1. The van der Waals surface area contributed by atoms with Crippen molar-refractivity contribution in [2.24, 2.45) is 0 Å². The Kier molecular flexibility index (Phi) is 6.13. The maximum Gasteiger partial charge on any atom is 0.270 e. The number of nitro groups is 1. The van der Waals surface area contributed by atoms with Crippen LogP contribution in [0.1, 0.15) is 36.2 Å². The molecule has 0 saturated heterocycles. The minimum atomic E-state index is -0.470. The largest absolute Gasteiger partial charge is 0.336 e. The Hall–Kier alpha value is -1.43. The van der Waals surface area contributed by atoms with Gasteiger partial charge in [-0.1, -0.05) is 15.9 Å². The fraction of sp³-hybridized carbons (Fsp3) is 0.500. The van der Waals surface area contributed by atoms with Crippen LogP contribution in [0.5, 0.6) is 0 Å². The zero-order valence-corrected chi connectivity index (χ0v) is 13.5. The molecule has 6 heteroatoms. The summed E-state index contributed by atoms with van der Waals surface area (Å²) in [6.07, 6.45) is 0.845. The highest BCUT2D eigenvalue weighted by Gasteiger charge is 2.20. The molecule has 110 valence electrons. The van der Waals surface area contributed by atoms with Crippen molar-refractivity contribution in [3.63, 3.8) is 0 Å². The first kappa shape index (κ1) is 16.6. The molecular formula is C14H19BrN2O3. The monoisotopic (exact) mass is 342 g/mol. The van der Waals surface area contributed by atoms with Gasteiger partial charge in [0.2, 0.25) is 0 Å². The van der Waals surface area contributed by atoms with E-state index >= 15 is 0 Å². The van der Waals surface area contributed by atoms with Crippen molar-refractivity contribution in [2.75, 3.05) is 11.9 Å². The highest BCUT2D eigenvalue weighted by Crippen LogP contribution is 2.19. The molecule has 0 N–H and O–H groups in total. The number of carbonyl (C=O) groups is 1. The molecule has 5 nitrogen and oxygen atoms in total. The molecule has 20 heavy (non-hydrogen) atoms. The Balaban J connectivity index is 3.08. The first-order valence-corrected chi connectivity index (χ1v) is 7.62. The summed E-state index contributed by atoms with van der Waals surface area (Å²) in [5.41, 5.74) is 1.05. The second kappa shape index (κ2) is 7.38. The van der Waals surface area contributed by atoms with Crippen molar-refractivity contribution in [1.29, 1.82) is 0 Å². The molecular weight excluding hydrogens is 324 g/mol. The average Bonchev–Trinajstić information content (AvgIpc) is 2.37. The maximum absolute atomic E-state index is 12.5. The van der Waals surface area contributed by atoms with Gasteiger partial charge in [0.25, 0.3) is 11.6 Å². The number of rotatable bonds is 6. The van der Waals surface area contributed by atoms with Crippen LogP contribution in [0.4, 0.5) is 5.69 Å². The van der Waals surface area contributed by atoms with Crippen LogP contribution in [0.15, 0.2) is 18.2 Å². The zero-order chi connectivity index (χ0) is 15.3. The average molecular weight is 343 g/mol. The van der Waals surface area contributed by atoms with Crippen LogP contribution < -0.4 is 0 Å². The van der Waals surface area contributed by atoms with Crippen LogP contribution in [0.25, 0.3) is 0 Å². The summed E-state index contributed by atoms with van der Waals surface area (Å²) >= 11 is 3.35. The molecule has 0 atom stereocenters. The number of alkyl halides is 1. The Labute approximate surface area is 127 Å². The van der Waals surface area contributed by atoms with E-state index in [4.69, 9.17) is 0 Å². The predicted octanol–water partition coefficient (Wildman–Crippen LogP) is 3.54. The van der Waals surface area contributed by atoms with E-state index in [0.29, 0.717) is 17.7 Å². The van der Waals surface area contributed by atoms with Crippen molar-refractivity contribution < 1.29 is 9.72 Å². The Morgan fingerprint density at radius 3 is 2.55 bits per heavy atom. The van der Waals surface area contributed by atoms with E-state index in [-0.39, 0.29) is 17.6 Å². The molecule has 0 aliphatic carbocycles. The molecule has 0 aliphatic heterocycles. The van der Waals surface area contributed by atoms with E-state index in [1.807, 2.05) is 13.8 Å². The summed E-state index contributed by atoms with van der Waals surface area (Å²) in [7, 11) is 0. The van der Waals surface area contributed by atoms with Crippen LogP contribution in [-0.2, 0) is 0 Å². The first-order valence-electron chi connectivity index (χ1n) is 6.49. The molecule has 0 heterocycles. The third-order valence-electron chi connectivity index (χ3n) is 2.94. The highest BCUT2D eigenvalue weighted by atomic mass is 79.9. The third kappa shape index (κ3) is 4.30. The van der Waals surface area contributed by atoms with Crippen LogP contribution in [0.3, 0.4) is 0 Å². The zero-order valence-electron chi connectivity index (χ0n) is 11.9. The van der Waals surface area contributed by atoms with Gasteiger partial charge in [0, 0.05) is 35.6 Å². The van der Waals surface area contributed by atoms with E-state index in [0.717, 1.165) is 11.8 Å². The molecule has 1 aromatic carbocycles. The van der Waals surface area contributed by atoms with Crippen LogP contribution in [-0.4, -0.2) is 33.6 Å². The quantitative estimate of drug-likeness (QED) is 0.451. The van der Waals surface area contributed by atoms with Gasteiger partial charge >= 0.3 is 0 Å². The van der Waals surface area contributed by atoms with E-state index < -0.39 is 4.92 Å². The number of non-ortho nitro benzene ring substituents is 1.